The number of rotatable bonds is 3. The van der Waals surface area contributed by atoms with E-state index in [4.69, 9.17) is 0 Å². The van der Waals surface area contributed by atoms with Crippen LogP contribution in [0.25, 0.3) is 0 Å². The number of amides is 1. The van der Waals surface area contributed by atoms with Gasteiger partial charge in [0.05, 0.1) is 4.47 Å². The van der Waals surface area contributed by atoms with Crippen molar-refractivity contribution in [2.45, 2.75) is 18.6 Å². The Balaban J connectivity index is 2.99. The van der Waals surface area contributed by atoms with E-state index in [1.807, 2.05) is 0 Å². The summed E-state index contributed by atoms with van der Waals surface area (Å²) in [6.07, 6.45) is 0.981. The van der Waals surface area contributed by atoms with E-state index < -0.39 is 26.3 Å². The molecule has 0 radical (unpaired) electrons. The van der Waals surface area contributed by atoms with Crippen LogP contribution in [0.15, 0.2) is 22.7 Å². The van der Waals surface area contributed by atoms with Gasteiger partial charge in [0.15, 0.2) is 9.84 Å². The van der Waals surface area contributed by atoms with E-state index in [0.717, 1.165) is 12.3 Å². The molecule has 1 aromatic rings. The minimum Gasteiger partial charge on any atom is -0.325 e. The van der Waals surface area contributed by atoms with Gasteiger partial charge in [-0.15, -0.1) is 0 Å². The first-order valence-electron chi connectivity index (χ1n) is 5.02. The number of nitrogens with one attached hydrogen (secondary N) is 1. The van der Waals surface area contributed by atoms with E-state index in [9.17, 15) is 17.6 Å². The van der Waals surface area contributed by atoms with Crippen molar-refractivity contribution < 1.29 is 17.6 Å². The van der Waals surface area contributed by atoms with Crippen LogP contribution in [0.5, 0.6) is 0 Å². The maximum absolute atomic E-state index is 13.2. The molecule has 100 valence electrons. The van der Waals surface area contributed by atoms with E-state index in [1.54, 1.807) is 0 Å². The molecule has 0 saturated heterocycles. The Labute approximate surface area is 114 Å². The number of sulfone groups is 1. The maximum atomic E-state index is 13.2. The summed E-state index contributed by atoms with van der Waals surface area (Å²) in [6, 6.07) is 4.02. The number of carbonyl (C=O) groups is 1. The Morgan fingerprint density at radius 2 is 1.94 bits per heavy atom. The average Bonchev–Trinajstić information content (AvgIpc) is 2.21. The van der Waals surface area contributed by atoms with Crippen LogP contribution in [0.2, 0.25) is 0 Å². The van der Waals surface area contributed by atoms with Gasteiger partial charge in [-0.1, -0.05) is 0 Å². The van der Waals surface area contributed by atoms with Crippen molar-refractivity contribution in [3.63, 3.8) is 0 Å². The zero-order valence-corrected chi connectivity index (χ0v) is 12.5. The van der Waals surface area contributed by atoms with Gasteiger partial charge in [0.1, 0.15) is 10.6 Å². The molecule has 0 aliphatic rings. The highest BCUT2D eigenvalue weighted by molar-refractivity contribution is 9.10. The van der Waals surface area contributed by atoms with Gasteiger partial charge in [0, 0.05) is 11.9 Å². The highest BCUT2D eigenvalue weighted by atomic mass is 79.9. The summed E-state index contributed by atoms with van der Waals surface area (Å²) in [7, 11) is -3.56. The molecule has 7 heteroatoms. The normalized spacial score (nSPS) is 12.3. The number of hydrogen-bond donors (Lipinski definition) is 1. The predicted octanol–water partition coefficient (Wildman–Crippen LogP) is 2.35. The van der Waals surface area contributed by atoms with Crippen LogP contribution in [-0.2, 0) is 14.6 Å². The summed E-state index contributed by atoms with van der Waals surface area (Å²) < 4.78 is 34.9. The summed E-state index contributed by atoms with van der Waals surface area (Å²) in [5.41, 5.74) is 0.206. The first-order chi connectivity index (χ1) is 8.05. The first kappa shape index (κ1) is 15.1. The maximum Gasteiger partial charge on any atom is 0.245 e. The van der Waals surface area contributed by atoms with Gasteiger partial charge in [-0.3, -0.25) is 4.79 Å². The second-order valence-corrected chi connectivity index (χ2v) is 7.78. The molecule has 0 unspecified atom stereocenters. The number of hydrogen-bond acceptors (Lipinski definition) is 3. The number of anilines is 1. The Morgan fingerprint density at radius 3 is 2.39 bits per heavy atom. The van der Waals surface area contributed by atoms with E-state index >= 15 is 0 Å². The van der Waals surface area contributed by atoms with Crippen LogP contribution < -0.4 is 5.32 Å². The topological polar surface area (TPSA) is 63.2 Å². The Morgan fingerprint density at radius 1 is 1.39 bits per heavy atom. The van der Waals surface area contributed by atoms with Crippen molar-refractivity contribution in [1.82, 2.24) is 0 Å². The van der Waals surface area contributed by atoms with Gasteiger partial charge in [-0.05, 0) is 48.0 Å². The van der Waals surface area contributed by atoms with Crippen LogP contribution in [0, 0.1) is 5.82 Å². The highest BCUT2D eigenvalue weighted by Gasteiger charge is 2.38. The van der Waals surface area contributed by atoms with Crippen LogP contribution in [0.1, 0.15) is 13.8 Å². The lowest BCUT2D eigenvalue weighted by Gasteiger charge is -2.21. The van der Waals surface area contributed by atoms with E-state index in [-0.39, 0.29) is 10.2 Å². The van der Waals surface area contributed by atoms with Gasteiger partial charge in [0.25, 0.3) is 0 Å². The van der Waals surface area contributed by atoms with Crippen molar-refractivity contribution in [2.24, 2.45) is 0 Å². The van der Waals surface area contributed by atoms with Gasteiger partial charge in [0.2, 0.25) is 5.91 Å². The fourth-order valence-electron chi connectivity index (χ4n) is 1.02. The molecule has 4 nitrogen and oxygen atoms in total. The first-order valence-corrected chi connectivity index (χ1v) is 7.70. The molecule has 0 atom stereocenters. The molecule has 0 spiro atoms. The molecule has 18 heavy (non-hydrogen) atoms. The van der Waals surface area contributed by atoms with Crippen molar-refractivity contribution in [1.29, 1.82) is 0 Å². The molecule has 0 bridgehead atoms. The summed E-state index contributed by atoms with van der Waals surface area (Å²) in [6.45, 7) is 2.60. The second-order valence-electron chi connectivity index (χ2n) is 4.37. The van der Waals surface area contributed by atoms with Crippen molar-refractivity contribution in [2.75, 3.05) is 11.6 Å². The van der Waals surface area contributed by atoms with E-state index in [0.29, 0.717) is 0 Å². The van der Waals surface area contributed by atoms with Gasteiger partial charge in [-0.25, -0.2) is 12.8 Å². The van der Waals surface area contributed by atoms with Crippen LogP contribution >= 0.6 is 15.9 Å². The van der Waals surface area contributed by atoms with Gasteiger partial charge >= 0.3 is 0 Å². The molecule has 1 N–H and O–H groups in total. The zero-order chi connectivity index (χ0) is 14.1. The third-order valence-electron chi connectivity index (χ3n) is 2.65. The minimum atomic E-state index is -3.56. The third-order valence-corrected chi connectivity index (χ3v) is 5.33. The standard InChI is InChI=1S/C11H13BrFNO3S/c1-11(2,18(3,16)17)10(15)14-7-4-5-8(12)9(13)6-7/h4-6H,1-3H3,(H,14,15). The molecule has 0 saturated carbocycles. The van der Waals surface area contributed by atoms with E-state index in [1.165, 1.54) is 26.0 Å². The molecular formula is C11H13BrFNO3S. The summed E-state index contributed by atoms with van der Waals surface area (Å²) in [5.74, 6) is -1.24. The molecule has 1 aromatic carbocycles. The lowest BCUT2D eigenvalue weighted by Crippen LogP contribution is -2.43. The molecule has 0 aliphatic heterocycles. The number of carbonyl (C=O) groups excluding carboxylic acids is 1. The molecule has 1 amide bonds. The summed E-state index contributed by atoms with van der Waals surface area (Å²) in [5, 5.41) is 2.38. The fourth-order valence-corrected chi connectivity index (χ4v) is 1.66. The van der Waals surface area contributed by atoms with Crippen LogP contribution in [-0.4, -0.2) is 25.3 Å². The van der Waals surface area contributed by atoms with Crippen molar-refractivity contribution in [3.05, 3.63) is 28.5 Å². The predicted molar refractivity (Wildman–Crippen MR) is 71.7 cm³/mol. The molecule has 0 fully saturated rings. The van der Waals surface area contributed by atoms with Gasteiger partial charge in [-0.2, -0.15) is 0 Å². The van der Waals surface area contributed by atoms with Crippen molar-refractivity contribution >= 4 is 37.4 Å². The lowest BCUT2D eigenvalue weighted by molar-refractivity contribution is -0.117. The monoisotopic (exact) mass is 337 g/mol. The van der Waals surface area contributed by atoms with Crippen LogP contribution in [0.4, 0.5) is 10.1 Å². The van der Waals surface area contributed by atoms with Gasteiger partial charge < -0.3 is 5.32 Å². The summed E-state index contributed by atoms with van der Waals surface area (Å²) >= 11 is 2.98. The fraction of sp³-hybridized carbons (Fsp3) is 0.364. The van der Waals surface area contributed by atoms with Crippen molar-refractivity contribution in [3.8, 4) is 0 Å². The Kier molecular flexibility index (Phi) is 4.17. The lowest BCUT2D eigenvalue weighted by atomic mass is 10.2. The zero-order valence-electron chi connectivity index (χ0n) is 10.1. The molecule has 0 aromatic heterocycles. The second kappa shape index (κ2) is 4.97. The minimum absolute atomic E-state index is 0.206. The Bertz CT molecular complexity index is 584. The smallest absolute Gasteiger partial charge is 0.245 e. The Hall–Kier alpha value is -0.950. The van der Waals surface area contributed by atoms with Crippen LogP contribution in [0.3, 0.4) is 0 Å². The quantitative estimate of drug-likeness (QED) is 0.920. The molecule has 0 aliphatic carbocycles. The highest BCUT2D eigenvalue weighted by Crippen LogP contribution is 2.22. The largest absolute Gasteiger partial charge is 0.325 e. The SMILES string of the molecule is CC(C)(C(=O)Nc1ccc(Br)c(F)c1)S(C)(=O)=O. The third kappa shape index (κ3) is 3.08. The average molecular weight is 338 g/mol. The number of benzene rings is 1. The number of halogens is 2. The molecular weight excluding hydrogens is 325 g/mol. The molecule has 0 heterocycles. The molecule has 1 rings (SSSR count). The van der Waals surface area contributed by atoms with E-state index in [2.05, 4.69) is 21.2 Å². The summed E-state index contributed by atoms with van der Waals surface area (Å²) in [4.78, 5) is 11.9.